The molecule has 0 radical (unpaired) electrons. The topological polar surface area (TPSA) is 44.6 Å². The minimum atomic E-state index is -1.28. The molecule has 0 bridgehead atoms. The normalized spacial score (nSPS) is 14.0. The van der Waals surface area contributed by atoms with Crippen LogP contribution in [0.5, 0.6) is 5.75 Å². The Morgan fingerprint density at radius 1 is 1.41 bits per heavy atom. The molecule has 0 aliphatic heterocycles. The Labute approximate surface area is 110 Å². The van der Waals surface area contributed by atoms with Crippen molar-refractivity contribution < 1.29 is 9.29 Å². The fourth-order valence-corrected chi connectivity index (χ4v) is 1.77. The van der Waals surface area contributed by atoms with Crippen LogP contribution < -0.4 is 4.74 Å². The van der Waals surface area contributed by atoms with E-state index in [0.29, 0.717) is 10.8 Å². The van der Waals surface area contributed by atoms with Crippen LogP contribution >= 0.6 is 11.6 Å². The highest BCUT2D eigenvalue weighted by molar-refractivity contribution is 7.91. The van der Waals surface area contributed by atoms with Gasteiger partial charge in [0.15, 0.2) is 0 Å². The molecule has 0 aromatic heterocycles. The van der Waals surface area contributed by atoms with Gasteiger partial charge in [0, 0.05) is 10.6 Å². The number of halogens is 1. The Hall–Kier alpha value is -0.710. The number of methoxy groups -OCH3 is 1. The summed E-state index contributed by atoms with van der Waals surface area (Å²) in [7, 11) is 1.57. The van der Waals surface area contributed by atoms with E-state index < -0.39 is 11.4 Å². The fraction of sp³-hybridized carbons (Fsp3) is 0.417. The molecule has 3 nitrogen and oxygen atoms in total. The van der Waals surface area contributed by atoms with E-state index in [1.807, 2.05) is 20.8 Å². The predicted octanol–water partition coefficient (Wildman–Crippen LogP) is 3.23. The van der Waals surface area contributed by atoms with E-state index in [1.165, 1.54) is 6.21 Å². The van der Waals surface area contributed by atoms with Gasteiger partial charge in [-0.05, 0) is 39.0 Å². The third kappa shape index (κ3) is 4.22. The smallest absolute Gasteiger partial charge is 0.144 e. The summed E-state index contributed by atoms with van der Waals surface area (Å²) in [6, 6.07) is 5.21. The molecule has 94 valence electrons. The molecule has 0 N–H and O–H groups in total. The summed E-state index contributed by atoms with van der Waals surface area (Å²) in [5.74, 6) is 0.657. The maximum atomic E-state index is 11.8. The highest BCUT2D eigenvalue weighted by atomic mass is 35.5. The molecular weight excluding hydrogens is 258 g/mol. The Kier molecular flexibility index (Phi) is 4.86. The van der Waals surface area contributed by atoms with Gasteiger partial charge in [-0.3, -0.25) is 0 Å². The minimum Gasteiger partial charge on any atom is -0.591 e. The van der Waals surface area contributed by atoms with Crippen molar-refractivity contribution in [2.24, 2.45) is 4.40 Å². The first-order valence-electron chi connectivity index (χ1n) is 5.14. The van der Waals surface area contributed by atoms with E-state index in [-0.39, 0.29) is 4.75 Å². The van der Waals surface area contributed by atoms with Gasteiger partial charge in [0.05, 0.1) is 13.3 Å². The van der Waals surface area contributed by atoms with E-state index >= 15 is 0 Å². The van der Waals surface area contributed by atoms with Gasteiger partial charge in [-0.25, -0.2) is 0 Å². The molecule has 1 atom stereocenters. The van der Waals surface area contributed by atoms with Crippen molar-refractivity contribution in [2.45, 2.75) is 25.5 Å². The number of ether oxygens (including phenoxy) is 1. The van der Waals surface area contributed by atoms with Crippen LogP contribution in [0.15, 0.2) is 22.6 Å². The summed E-state index contributed by atoms with van der Waals surface area (Å²) < 4.78 is 20.6. The zero-order valence-electron chi connectivity index (χ0n) is 10.4. The standard InChI is InChI=1S/C12H16ClNO2S/c1-12(2,3)17(15)14-8-9-7-10(13)5-6-11(9)16-4/h5-8H,1-4H3/b14-8+. The van der Waals surface area contributed by atoms with Crippen LogP contribution in [0.1, 0.15) is 26.3 Å². The monoisotopic (exact) mass is 273 g/mol. The highest BCUT2D eigenvalue weighted by Gasteiger charge is 2.25. The van der Waals surface area contributed by atoms with Crippen molar-refractivity contribution in [1.82, 2.24) is 0 Å². The van der Waals surface area contributed by atoms with E-state index in [0.717, 1.165) is 5.56 Å². The van der Waals surface area contributed by atoms with Gasteiger partial charge in [-0.1, -0.05) is 16.0 Å². The molecule has 0 aliphatic carbocycles. The van der Waals surface area contributed by atoms with Crippen molar-refractivity contribution in [3.8, 4) is 5.75 Å². The number of benzene rings is 1. The molecule has 1 rings (SSSR count). The average molecular weight is 274 g/mol. The van der Waals surface area contributed by atoms with Crippen molar-refractivity contribution in [2.75, 3.05) is 7.11 Å². The number of hydrogen-bond acceptors (Lipinski definition) is 3. The molecular formula is C12H16ClNO2S. The van der Waals surface area contributed by atoms with Crippen LogP contribution in [0.4, 0.5) is 0 Å². The van der Waals surface area contributed by atoms with Crippen molar-refractivity contribution in [3.63, 3.8) is 0 Å². The summed E-state index contributed by atoms with van der Waals surface area (Å²) in [5.41, 5.74) is 0.720. The van der Waals surface area contributed by atoms with Gasteiger partial charge < -0.3 is 9.29 Å². The largest absolute Gasteiger partial charge is 0.591 e. The molecule has 5 heteroatoms. The predicted molar refractivity (Wildman–Crippen MR) is 73.5 cm³/mol. The number of nitrogens with zero attached hydrogens (tertiary/aromatic N) is 1. The zero-order valence-corrected chi connectivity index (χ0v) is 11.9. The Balaban J connectivity index is 2.94. The lowest BCUT2D eigenvalue weighted by atomic mass is 10.2. The fourth-order valence-electron chi connectivity index (χ4n) is 1.07. The number of rotatable bonds is 3. The van der Waals surface area contributed by atoms with E-state index in [2.05, 4.69) is 4.40 Å². The van der Waals surface area contributed by atoms with Crippen LogP contribution in [-0.4, -0.2) is 22.6 Å². The summed E-state index contributed by atoms with van der Waals surface area (Å²) in [6.07, 6.45) is 1.53. The molecule has 1 unspecified atom stereocenters. The molecule has 0 saturated carbocycles. The van der Waals surface area contributed by atoms with Gasteiger partial charge in [-0.2, -0.15) is 0 Å². The molecule has 17 heavy (non-hydrogen) atoms. The van der Waals surface area contributed by atoms with Gasteiger partial charge in [0.1, 0.15) is 21.9 Å². The van der Waals surface area contributed by atoms with Crippen LogP contribution in [0.25, 0.3) is 0 Å². The first-order chi connectivity index (χ1) is 7.84. The maximum absolute atomic E-state index is 11.8. The molecule has 0 spiro atoms. The quantitative estimate of drug-likeness (QED) is 0.627. The van der Waals surface area contributed by atoms with Crippen molar-refractivity contribution >= 4 is 29.2 Å². The van der Waals surface area contributed by atoms with Crippen LogP contribution in [0.3, 0.4) is 0 Å². The van der Waals surface area contributed by atoms with Crippen LogP contribution in [0.2, 0.25) is 5.02 Å². The lowest BCUT2D eigenvalue weighted by Gasteiger charge is -2.17. The zero-order chi connectivity index (χ0) is 13.1. The minimum absolute atomic E-state index is 0.373. The summed E-state index contributed by atoms with van der Waals surface area (Å²) in [6.45, 7) is 5.61. The second-order valence-corrected chi connectivity index (χ2v) is 6.85. The Bertz CT molecular complexity index is 415. The van der Waals surface area contributed by atoms with Crippen molar-refractivity contribution in [1.29, 1.82) is 0 Å². The molecule has 1 aromatic rings. The van der Waals surface area contributed by atoms with Crippen LogP contribution in [0, 0.1) is 0 Å². The molecule has 0 saturated heterocycles. The lowest BCUT2D eigenvalue weighted by molar-refractivity contribution is 0.414. The average Bonchev–Trinajstić information content (AvgIpc) is 2.24. The second kappa shape index (κ2) is 5.76. The third-order valence-corrected chi connectivity index (χ3v) is 3.58. The van der Waals surface area contributed by atoms with Gasteiger partial charge in [0.2, 0.25) is 0 Å². The molecule has 0 aliphatic rings. The third-order valence-electron chi connectivity index (χ3n) is 2.00. The summed E-state index contributed by atoms with van der Waals surface area (Å²) in [4.78, 5) is 0. The molecule has 1 aromatic carbocycles. The van der Waals surface area contributed by atoms with Crippen LogP contribution in [-0.2, 0) is 11.4 Å². The van der Waals surface area contributed by atoms with E-state index in [9.17, 15) is 4.55 Å². The van der Waals surface area contributed by atoms with Crippen molar-refractivity contribution in [3.05, 3.63) is 28.8 Å². The molecule has 0 heterocycles. The first-order valence-corrected chi connectivity index (χ1v) is 6.62. The second-order valence-electron chi connectivity index (χ2n) is 4.48. The maximum Gasteiger partial charge on any atom is 0.144 e. The SMILES string of the molecule is COc1ccc(Cl)cc1/C=N/[S+]([O-])C(C)(C)C. The highest BCUT2D eigenvalue weighted by Crippen LogP contribution is 2.22. The Morgan fingerprint density at radius 2 is 2.06 bits per heavy atom. The molecule has 0 amide bonds. The van der Waals surface area contributed by atoms with Gasteiger partial charge in [0.25, 0.3) is 0 Å². The van der Waals surface area contributed by atoms with Gasteiger partial charge in [-0.15, -0.1) is 0 Å². The number of hydrogen-bond donors (Lipinski definition) is 0. The van der Waals surface area contributed by atoms with E-state index in [1.54, 1.807) is 25.3 Å². The summed E-state index contributed by atoms with van der Waals surface area (Å²) in [5, 5.41) is 0.591. The first kappa shape index (κ1) is 14.4. The molecule has 0 fully saturated rings. The summed E-state index contributed by atoms with van der Waals surface area (Å²) >= 11 is 4.60. The van der Waals surface area contributed by atoms with E-state index in [4.69, 9.17) is 16.3 Å². The lowest BCUT2D eigenvalue weighted by Crippen LogP contribution is -2.25. The Morgan fingerprint density at radius 3 is 2.59 bits per heavy atom. The van der Waals surface area contributed by atoms with Gasteiger partial charge >= 0.3 is 0 Å².